The monoisotopic (exact) mass is 293 g/mol. The number of hydrogen-bond acceptors (Lipinski definition) is 4. The van der Waals surface area contributed by atoms with E-state index in [1.165, 1.54) is 0 Å². The molecule has 0 bridgehead atoms. The molecule has 0 atom stereocenters. The van der Waals surface area contributed by atoms with Gasteiger partial charge in [-0.1, -0.05) is 12.8 Å². The minimum atomic E-state index is -0.503. The van der Waals surface area contributed by atoms with E-state index < -0.39 is 5.97 Å². The Morgan fingerprint density at radius 1 is 1.24 bits per heavy atom. The third kappa shape index (κ3) is 4.00. The number of anilines is 1. The van der Waals surface area contributed by atoms with Gasteiger partial charge in [0.15, 0.2) is 6.61 Å². The van der Waals surface area contributed by atoms with Gasteiger partial charge in [0.1, 0.15) is 5.69 Å². The fourth-order valence-corrected chi connectivity index (χ4v) is 2.58. The minimum absolute atomic E-state index is 0.118. The highest BCUT2D eigenvalue weighted by molar-refractivity contribution is 5.91. The number of ether oxygens (including phenoxy) is 1. The second-order valence-corrected chi connectivity index (χ2v) is 5.32. The first kappa shape index (κ1) is 15.4. The van der Waals surface area contributed by atoms with Crippen LogP contribution < -0.4 is 5.73 Å². The fraction of sp³-hybridized carbons (Fsp3) is 0.600. The maximum absolute atomic E-state index is 12.1. The standard InChI is InChI=1S/C15H23N3O3/c1-2-17-10-12(16)9-13(17)15(20)21-11-14(19)18-7-5-3-4-6-8-18/h9-10H,2-8,11,16H2,1H3. The number of carbonyl (C=O) groups excluding carboxylic acids is 2. The van der Waals surface area contributed by atoms with Crippen LogP contribution in [-0.4, -0.2) is 41.0 Å². The third-order valence-electron chi connectivity index (χ3n) is 3.75. The number of rotatable bonds is 4. The van der Waals surface area contributed by atoms with Crippen molar-refractivity contribution in [2.45, 2.75) is 39.2 Å². The molecule has 6 heteroatoms. The van der Waals surface area contributed by atoms with Crippen molar-refractivity contribution in [3.63, 3.8) is 0 Å². The smallest absolute Gasteiger partial charge is 0.355 e. The van der Waals surface area contributed by atoms with Gasteiger partial charge < -0.3 is 19.9 Å². The Morgan fingerprint density at radius 2 is 1.90 bits per heavy atom. The second-order valence-electron chi connectivity index (χ2n) is 5.32. The van der Waals surface area contributed by atoms with Gasteiger partial charge in [-0.05, 0) is 25.8 Å². The van der Waals surface area contributed by atoms with E-state index in [2.05, 4.69) is 0 Å². The lowest BCUT2D eigenvalue weighted by molar-refractivity contribution is -0.134. The van der Waals surface area contributed by atoms with E-state index in [0.717, 1.165) is 38.8 Å². The molecule has 1 saturated heterocycles. The molecule has 21 heavy (non-hydrogen) atoms. The van der Waals surface area contributed by atoms with Gasteiger partial charge in [0.2, 0.25) is 0 Å². The molecular weight excluding hydrogens is 270 g/mol. The average Bonchev–Trinajstić information content (AvgIpc) is 2.69. The molecular formula is C15H23N3O3. The van der Waals surface area contributed by atoms with Gasteiger partial charge in [0.05, 0.1) is 5.69 Å². The summed E-state index contributed by atoms with van der Waals surface area (Å²) < 4.78 is 6.85. The summed E-state index contributed by atoms with van der Waals surface area (Å²) in [6.45, 7) is 3.86. The van der Waals surface area contributed by atoms with Crippen molar-refractivity contribution in [2.75, 3.05) is 25.4 Å². The molecule has 0 spiro atoms. The molecule has 116 valence electrons. The highest BCUT2D eigenvalue weighted by Gasteiger charge is 2.19. The number of nitrogens with two attached hydrogens (primary N) is 1. The molecule has 2 N–H and O–H groups in total. The zero-order chi connectivity index (χ0) is 15.2. The number of likely N-dealkylation sites (tertiary alicyclic amines) is 1. The summed E-state index contributed by atoms with van der Waals surface area (Å²) in [6.07, 6.45) is 6.05. The van der Waals surface area contributed by atoms with Crippen molar-refractivity contribution < 1.29 is 14.3 Å². The normalized spacial score (nSPS) is 15.6. The first-order valence-corrected chi connectivity index (χ1v) is 7.52. The Labute approximate surface area is 124 Å². The predicted octanol–water partition coefficient (Wildman–Crippen LogP) is 1.65. The van der Waals surface area contributed by atoms with E-state index in [4.69, 9.17) is 10.5 Å². The molecule has 1 fully saturated rings. The number of carbonyl (C=O) groups is 2. The van der Waals surface area contributed by atoms with Crippen LogP contribution in [0.15, 0.2) is 12.3 Å². The van der Waals surface area contributed by atoms with Crippen LogP contribution in [-0.2, 0) is 16.1 Å². The molecule has 0 radical (unpaired) electrons. The highest BCUT2D eigenvalue weighted by atomic mass is 16.5. The summed E-state index contributed by atoms with van der Waals surface area (Å²) in [6, 6.07) is 1.57. The van der Waals surface area contributed by atoms with E-state index in [0.29, 0.717) is 17.9 Å². The van der Waals surface area contributed by atoms with Crippen molar-refractivity contribution in [3.05, 3.63) is 18.0 Å². The van der Waals surface area contributed by atoms with Crippen LogP contribution in [0.5, 0.6) is 0 Å². The highest BCUT2D eigenvalue weighted by Crippen LogP contribution is 2.13. The molecule has 0 aliphatic carbocycles. The lowest BCUT2D eigenvalue weighted by Crippen LogP contribution is -2.35. The van der Waals surface area contributed by atoms with E-state index in [9.17, 15) is 9.59 Å². The predicted molar refractivity (Wildman–Crippen MR) is 79.8 cm³/mol. The van der Waals surface area contributed by atoms with Crippen molar-refractivity contribution in [1.29, 1.82) is 0 Å². The number of aromatic nitrogens is 1. The average molecular weight is 293 g/mol. The Kier molecular flexibility index (Phi) is 5.25. The summed E-state index contributed by atoms with van der Waals surface area (Å²) in [5, 5.41) is 0. The van der Waals surface area contributed by atoms with Crippen molar-refractivity contribution in [3.8, 4) is 0 Å². The lowest BCUT2D eigenvalue weighted by Gasteiger charge is -2.20. The summed E-state index contributed by atoms with van der Waals surface area (Å²) >= 11 is 0. The lowest BCUT2D eigenvalue weighted by atomic mass is 10.2. The van der Waals surface area contributed by atoms with Crippen LogP contribution in [0.1, 0.15) is 43.1 Å². The van der Waals surface area contributed by atoms with E-state index in [1.807, 2.05) is 6.92 Å². The van der Waals surface area contributed by atoms with Gasteiger partial charge in [-0.2, -0.15) is 0 Å². The first-order valence-electron chi connectivity index (χ1n) is 7.52. The summed E-state index contributed by atoms with van der Waals surface area (Å²) in [7, 11) is 0. The maximum Gasteiger partial charge on any atom is 0.355 e. The molecule has 1 aromatic rings. The van der Waals surface area contributed by atoms with Crippen LogP contribution in [0.4, 0.5) is 5.69 Å². The third-order valence-corrected chi connectivity index (χ3v) is 3.75. The van der Waals surface area contributed by atoms with E-state index >= 15 is 0 Å². The summed E-state index contributed by atoms with van der Waals surface area (Å²) in [5.74, 6) is -0.621. The van der Waals surface area contributed by atoms with Gasteiger partial charge in [-0.3, -0.25) is 4.79 Å². The largest absolute Gasteiger partial charge is 0.451 e. The number of esters is 1. The van der Waals surface area contributed by atoms with Crippen LogP contribution in [0.3, 0.4) is 0 Å². The topological polar surface area (TPSA) is 77.6 Å². The summed E-state index contributed by atoms with van der Waals surface area (Å²) in [5.41, 5.74) is 6.58. The molecule has 0 unspecified atom stereocenters. The fourth-order valence-electron chi connectivity index (χ4n) is 2.58. The van der Waals surface area contributed by atoms with E-state index in [-0.39, 0.29) is 12.5 Å². The Hall–Kier alpha value is -1.98. The molecule has 1 aromatic heterocycles. The van der Waals surface area contributed by atoms with Crippen molar-refractivity contribution in [2.24, 2.45) is 0 Å². The van der Waals surface area contributed by atoms with Gasteiger partial charge in [-0.25, -0.2) is 4.79 Å². The van der Waals surface area contributed by atoms with Crippen LogP contribution >= 0.6 is 0 Å². The Bertz CT molecular complexity index is 502. The van der Waals surface area contributed by atoms with E-state index in [1.54, 1.807) is 21.7 Å². The Balaban J connectivity index is 1.89. The van der Waals surface area contributed by atoms with Crippen molar-refractivity contribution in [1.82, 2.24) is 9.47 Å². The number of nitrogens with zero attached hydrogens (tertiary/aromatic N) is 2. The maximum atomic E-state index is 12.1. The number of hydrogen-bond donors (Lipinski definition) is 1. The van der Waals surface area contributed by atoms with Gasteiger partial charge in [0.25, 0.3) is 5.91 Å². The first-order chi connectivity index (χ1) is 10.1. The molecule has 1 aliphatic heterocycles. The zero-order valence-corrected chi connectivity index (χ0v) is 12.5. The van der Waals surface area contributed by atoms with Crippen LogP contribution in [0, 0.1) is 0 Å². The molecule has 0 aromatic carbocycles. The molecule has 2 heterocycles. The minimum Gasteiger partial charge on any atom is -0.451 e. The quantitative estimate of drug-likeness (QED) is 0.856. The zero-order valence-electron chi connectivity index (χ0n) is 12.5. The van der Waals surface area contributed by atoms with Crippen molar-refractivity contribution >= 4 is 17.6 Å². The Morgan fingerprint density at radius 3 is 2.52 bits per heavy atom. The molecule has 1 amide bonds. The molecule has 1 aliphatic rings. The number of aryl methyl sites for hydroxylation is 1. The van der Waals surface area contributed by atoms with Gasteiger partial charge >= 0.3 is 5.97 Å². The van der Waals surface area contributed by atoms with Gasteiger partial charge in [-0.15, -0.1) is 0 Å². The second kappa shape index (κ2) is 7.15. The van der Waals surface area contributed by atoms with Crippen LogP contribution in [0.2, 0.25) is 0 Å². The SMILES string of the molecule is CCn1cc(N)cc1C(=O)OCC(=O)N1CCCCCC1. The molecule has 6 nitrogen and oxygen atoms in total. The molecule has 2 rings (SSSR count). The molecule has 0 saturated carbocycles. The number of amides is 1. The number of nitrogen functional groups attached to an aromatic ring is 1. The van der Waals surface area contributed by atoms with Gasteiger partial charge in [0, 0.05) is 25.8 Å². The van der Waals surface area contributed by atoms with Crippen LogP contribution in [0.25, 0.3) is 0 Å². The summed E-state index contributed by atoms with van der Waals surface area (Å²) in [4.78, 5) is 25.9.